The van der Waals surface area contributed by atoms with Gasteiger partial charge in [0.25, 0.3) is 0 Å². The zero-order valence-electron chi connectivity index (χ0n) is 12.5. The molecule has 1 aliphatic heterocycles. The van der Waals surface area contributed by atoms with Gasteiger partial charge in [0.2, 0.25) is 6.79 Å². The Bertz CT molecular complexity index is 706. The molecule has 0 aliphatic carbocycles. The molecule has 3 rings (SSSR count). The van der Waals surface area contributed by atoms with E-state index in [1.807, 2.05) is 18.2 Å². The SMILES string of the molecule is O=C(NCCCc1ccc2c(c1)OCO2)Nc1cccc(Cl)c1. The van der Waals surface area contributed by atoms with Gasteiger partial charge in [0.1, 0.15) is 0 Å². The highest BCUT2D eigenvalue weighted by atomic mass is 35.5. The number of carbonyl (C=O) groups is 1. The lowest BCUT2D eigenvalue weighted by Gasteiger charge is -2.08. The Hall–Kier alpha value is -2.40. The zero-order chi connectivity index (χ0) is 16.1. The third-order valence-electron chi connectivity index (χ3n) is 3.45. The molecular formula is C17H17ClN2O3. The fourth-order valence-corrected chi connectivity index (χ4v) is 2.52. The maximum absolute atomic E-state index is 11.8. The Kier molecular flexibility index (Phi) is 4.88. The summed E-state index contributed by atoms with van der Waals surface area (Å²) in [7, 11) is 0. The molecule has 6 heteroatoms. The molecule has 120 valence electrons. The molecule has 2 aromatic rings. The molecule has 0 bridgehead atoms. The minimum atomic E-state index is -0.238. The molecule has 2 amide bonds. The van der Waals surface area contributed by atoms with Gasteiger partial charge in [0.15, 0.2) is 11.5 Å². The summed E-state index contributed by atoms with van der Waals surface area (Å²) in [4.78, 5) is 11.8. The smallest absolute Gasteiger partial charge is 0.319 e. The van der Waals surface area contributed by atoms with Crippen LogP contribution in [0.5, 0.6) is 11.5 Å². The minimum Gasteiger partial charge on any atom is -0.454 e. The number of rotatable bonds is 5. The summed E-state index contributed by atoms with van der Waals surface area (Å²) in [5.74, 6) is 1.57. The van der Waals surface area contributed by atoms with Crippen molar-refractivity contribution in [2.24, 2.45) is 0 Å². The number of halogens is 1. The summed E-state index contributed by atoms with van der Waals surface area (Å²) >= 11 is 5.87. The van der Waals surface area contributed by atoms with Crippen molar-refractivity contribution in [3.8, 4) is 11.5 Å². The zero-order valence-corrected chi connectivity index (χ0v) is 13.2. The van der Waals surface area contributed by atoms with Gasteiger partial charge in [-0.3, -0.25) is 0 Å². The molecule has 0 radical (unpaired) electrons. The fraction of sp³-hybridized carbons (Fsp3) is 0.235. The molecule has 0 aromatic heterocycles. The first kappa shape index (κ1) is 15.5. The van der Waals surface area contributed by atoms with E-state index in [9.17, 15) is 4.79 Å². The lowest BCUT2D eigenvalue weighted by Crippen LogP contribution is -2.29. The lowest BCUT2D eigenvalue weighted by atomic mass is 10.1. The summed E-state index contributed by atoms with van der Waals surface area (Å²) in [5, 5.41) is 6.16. The van der Waals surface area contributed by atoms with E-state index < -0.39 is 0 Å². The molecule has 23 heavy (non-hydrogen) atoms. The number of benzene rings is 2. The van der Waals surface area contributed by atoms with E-state index in [-0.39, 0.29) is 12.8 Å². The van der Waals surface area contributed by atoms with Crippen LogP contribution < -0.4 is 20.1 Å². The normalized spacial score (nSPS) is 12.0. The van der Waals surface area contributed by atoms with Crippen LogP contribution in [0.1, 0.15) is 12.0 Å². The molecule has 2 aromatic carbocycles. The van der Waals surface area contributed by atoms with Crippen LogP contribution in [-0.4, -0.2) is 19.4 Å². The van der Waals surface area contributed by atoms with Crippen molar-refractivity contribution in [3.05, 3.63) is 53.1 Å². The van der Waals surface area contributed by atoms with E-state index in [1.54, 1.807) is 24.3 Å². The van der Waals surface area contributed by atoms with E-state index in [0.29, 0.717) is 17.3 Å². The van der Waals surface area contributed by atoms with Crippen LogP contribution in [0.2, 0.25) is 5.02 Å². The number of aryl methyl sites for hydroxylation is 1. The molecule has 0 saturated carbocycles. The number of ether oxygens (including phenoxy) is 2. The maximum atomic E-state index is 11.8. The first-order valence-corrected chi connectivity index (χ1v) is 7.77. The molecule has 0 fully saturated rings. The molecule has 0 unspecified atom stereocenters. The number of amides is 2. The van der Waals surface area contributed by atoms with E-state index in [4.69, 9.17) is 21.1 Å². The Balaban J connectivity index is 1.40. The van der Waals surface area contributed by atoms with Gasteiger partial charge < -0.3 is 20.1 Å². The Morgan fingerprint density at radius 1 is 1.13 bits per heavy atom. The second-order valence-electron chi connectivity index (χ2n) is 5.18. The van der Waals surface area contributed by atoms with Gasteiger partial charge in [0.05, 0.1) is 0 Å². The van der Waals surface area contributed by atoms with Crippen molar-refractivity contribution < 1.29 is 14.3 Å². The van der Waals surface area contributed by atoms with Crippen LogP contribution >= 0.6 is 11.6 Å². The van der Waals surface area contributed by atoms with E-state index in [0.717, 1.165) is 29.9 Å². The maximum Gasteiger partial charge on any atom is 0.319 e. The lowest BCUT2D eigenvalue weighted by molar-refractivity contribution is 0.174. The van der Waals surface area contributed by atoms with Crippen molar-refractivity contribution in [1.29, 1.82) is 0 Å². The van der Waals surface area contributed by atoms with Gasteiger partial charge in [-0.05, 0) is 48.7 Å². The second kappa shape index (κ2) is 7.24. The number of fused-ring (bicyclic) bond motifs is 1. The van der Waals surface area contributed by atoms with Gasteiger partial charge in [-0.15, -0.1) is 0 Å². The summed E-state index contributed by atoms with van der Waals surface area (Å²) in [6.45, 7) is 0.866. The molecule has 1 aliphatic rings. The third-order valence-corrected chi connectivity index (χ3v) is 3.68. The summed E-state index contributed by atoms with van der Waals surface area (Å²) in [6.07, 6.45) is 1.69. The van der Waals surface area contributed by atoms with Crippen molar-refractivity contribution in [1.82, 2.24) is 5.32 Å². The summed E-state index contributed by atoms with van der Waals surface area (Å²) < 4.78 is 10.6. The van der Waals surface area contributed by atoms with Crippen molar-refractivity contribution >= 4 is 23.3 Å². The predicted octanol–water partition coefficient (Wildman–Crippen LogP) is 3.82. The molecule has 0 spiro atoms. The average Bonchev–Trinajstić information content (AvgIpc) is 2.99. The van der Waals surface area contributed by atoms with Gasteiger partial charge in [-0.25, -0.2) is 4.79 Å². The number of nitrogens with one attached hydrogen (secondary N) is 2. The van der Waals surface area contributed by atoms with Crippen LogP contribution in [0.15, 0.2) is 42.5 Å². The quantitative estimate of drug-likeness (QED) is 0.818. The second-order valence-corrected chi connectivity index (χ2v) is 5.62. The van der Waals surface area contributed by atoms with Gasteiger partial charge in [-0.2, -0.15) is 0 Å². The third kappa shape index (κ3) is 4.29. The molecule has 1 heterocycles. The van der Waals surface area contributed by atoms with Crippen molar-refractivity contribution in [2.45, 2.75) is 12.8 Å². The summed E-state index contributed by atoms with van der Waals surface area (Å²) in [6, 6.07) is 12.7. The molecule has 0 saturated heterocycles. The number of hydrogen-bond acceptors (Lipinski definition) is 3. The van der Waals surface area contributed by atoms with Gasteiger partial charge in [0, 0.05) is 17.3 Å². The number of carbonyl (C=O) groups excluding carboxylic acids is 1. The minimum absolute atomic E-state index is 0.238. The molecule has 5 nitrogen and oxygen atoms in total. The average molecular weight is 333 g/mol. The Labute approximate surface area is 139 Å². The first-order chi connectivity index (χ1) is 11.2. The largest absolute Gasteiger partial charge is 0.454 e. The van der Waals surface area contributed by atoms with Crippen LogP contribution in [-0.2, 0) is 6.42 Å². The number of urea groups is 1. The summed E-state index contributed by atoms with van der Waals surface area (Å²) in [5.41, 5.74) is 1.83. The molecular weight excluding hydrogens is 316 g/mol. The van der Waals surface area contributed by atoms with E-state index in [2.05, 4.69) is 10.6 Å². The fourth-order valence-electron chi connectivity index (χ4n) is 2.33. The topological polar surface area (TPSA) is 59.6 Å². The Morgan fingerprint density at radius 3 is 2.87 bits per heavy atom. The molecule has 0 atom stereocenters. The van der Waals surface area contributed by atoms with Crippen molar-refractivity contribution in [3.63, 3.8) is 0 Å². The number of anilines is 1. The Morgan fingerprint density at radius 2 is 2.00 bits per heavy atom. The van der Waals surface area contributed by atoms with Gasteiger partial charge in [-0.1, -0.05) is 23.7 Å². The van der Waals surface area contributed by atoms with E-state index in [1.165, 1.54) is 0 Å². The van der Waals surface area contributed by atoms with Crippen molar-refractivity contribution in [2.75, 3.05) is 18.7 Å². The highest BCUT2D eigenvalue weighted by Gasteiger charge is 2.12. The predicted molar refractivity (Wildman–Crippen MR) is 89.4 cm³/mol. The van der Waals surface area contributed by atoms with Crippen LogP contribution in [0.25, 0.3) is 0 Å². The molecule has 2 N–H and O–H groups in total. The highest BCUT2D eigenvalue weighted by Crippen LogP contribution is 2.32. The monoisotopic (exact) mass is 332 g/mol. The van der Waals surface area contributed by atoms with Crippen LogP contribution in [0, 0.1) is 0 Å². The van der Waals surface area contributed by atoms with Gasteiger partial charge >= 0.3 is 6.03 Å². The van der Waals surface area contributed by atoms with Crippen LogP contribution in [0.3, 0.4) is 0 Å². The standard InChI is InChI=1S/C17H17ClN2O3/c18-13-4-1-5-14(10-13)20-17(21)19-8-2-3-12-6-7-15-16(9-12)23-11-22-15/h1,4-7,9-10H,2-3,8,11H2,(H2,19,20,21). The first-order valence-electron chi connectivity index (χ1n) is 7.40. The van der Waals surface area contributed by atoms with Crippen LogP contribution in [0.4, 0.5) is 10.5 Å². The highest BCUT2D eigenvalue weighted by molar-refractivity contribution is 6.30. The number of hydrogen-bond donors (Lipinski definition) is 2. The van der Waals surface area contributed by atoms with E-state index >= 15 is 0 Å².